The predicted octanol–water partition coefficient (Wildman–Crippen LogP) is 0.966. The molecule has 5 atom stereocenters. The molecule has 8 nitrogen and oxygen atoms in total. The number of aldehydes is 1. The zero-order chi connectivity index (χ0) is 19.2. The Labute approximate surface area is 153 Å². The molecule has 4 N–H and O–H groups in total. The van der Waals surface area contributed by atoms with Crippen LogP contribution in [0.15, 0.2) is 0 Å². The highest BCUT2D eigenvalue weighted by Crippen LogP contribution is 2.64. The van der Waals surface area contributed by atoms with Gasteiger partial charge in [-0.3, -0.25) is 0 Å². The summed E-state index contributed by atoms with van der Waals surface area (Å²) in [5, 5.41) is 20.3. The summed E-state index contributed by atoms with van der Waals surface area (Å²) in [4.78, 5) is 27.3. The minimum atomic E-state index is -1.60. The molecule has 150 valence electrons. The van der Waals surface area contributed by atoms with Gasteiger partial charge in [-0.15, -0.1) is 0 Å². The largest absolute Gasteiger partial charge is 0.389 e. The van der Waals surface area contributed by atoms with E-state index < -0.39 is 35.5 Å². The molecule has 0 spiro atoms. The van der Waals surface area contributed by atoms with Crippen molar-refractivity contribution in [1.82, 2.24) is 0 Å². The molecule has 0 amide bonds. The first-order valence-electron chi connectivity index (χ1n) is 9.53. The van der Waals surface area contributed by atoms with E-state index in [0.717, 1.165) is 19.3 Å². The van der Waals surface area contributed by atoms with Gasteiger partial charge in [0.25, 0.3) is 0 Å². The van der Waals surface area contributed by atoms with E-state index in [2.05, 4.69) is 11.8 Å². The third kappa shape index (κ3) is 4.09. The fourth-order valence-electron chi connectivity index (χ4n) is 3.72. The minimum Gasteiger partial charge on any atom is -0.389 e. The molecule has 0 aromatic rings. The second-order valence-corrected chi connectivity index (χ2v) is 7.32. The van der Waals surface area contributed by atoms with Crippen LogP contribution in [0.5, 0.6) is 0 Å². The van der Waals surface area contributed by atoms with Crippen LogP contribution in [-0.4, -0.2) is 53.2 Å². The van der Waals surface area contributed by atoms with Crippen molar-refractivity contribution in [2.45, 2.75) is 88.8 Å². The van der Waals surface area contributed by atoms with E-state index in [4.69, 9.17) is 15.4 Å². The number of aliphatic hydroxyl groups is 2. The Bertz CT molecular complexity index is 488. The first-order valence-corrected chi connectivity index (χ1v) is 9.53. The summed E-state index contributed by atoms with van der Waals surface area (Å²) in [7, 11) is 0. The number of hydrogen-bond acceptors (Lipinski definition) is 8. The maximum atomic E-state index is 11.7. The van der Waals surface area contributed by atoms with Crippen LogP contribution in [0.3, 0.4) is 0 Å². The Morgan fingerprint density at radius 3 is 2.38 bits per heavy atom. The lowest BCUT2D eigenvalue weighted by molar-refractivity contribution is -0.279. The molecule has 1 heterocycles. The predicted molar refractivity (Wildman–Crippen MR) is 91.6 cm³/mol. The van der Waals surface area contributed by atoms with Gasteiger partial charge in [0.05, 0.1) is 6.61 Å². The molecule has 26 heavy (non-hydrogen) atoms. The second-order valence-electron chi connectivity index (χ2n) is 7.32. The normalized spacial score (nSPS) is 35.6. The van der Waals surface area contributed by atoms with E-state index in [1.54, 1.807) is 0 Å². The fourth-order valence-corrected chi connectivity index (χ4v) is 3.72. The molecular weight excluding hydrogens is 342 g/mol. The van der Waals surface area contributed by atoms with Crippen molar-refractivity contribution in [2.75, 3.05) is 6.61 Å². The van der Waals surface area contributed by atoms with Crippen molar-refractivity contribution in [3.63, 3.8) is 0 Å². The van der Waals surface area contributed by atoms with Gasteiger partial charge in [0.15, 0.2) is 11.9 Å². The summed E-state index contributed by atoms with van der Waals surface area (Å²) in [5.74, 6) is 2.43. The Hall–Kier alpha value is -1.06. The summed E-state index contributed by atoms with van der Waals surface area (Å²) in [5.41, 5.74) is -1.35. The molecule has 2 fully saturated rings. The van der Waals surface area contributed by atoms with Crippen LogP contribution >= 0.6 is 0 Å². The van der Waals surface area contributed by atoms with Gasteiger partial charge in [-0.05, 0) is 6.42 Å². The molecule has 0 aromatic heterocycles. The number of fused-ring (bicyclic) bond motifs is 1. The van der Waals surface area contributed by atoms with Crippen molar-refractivity contribution in [3.8, 4) is 0 Å². The van der Waals surface area contributed by atoms with Gasteiger partial charge in [-0.1, -0.05) is 51.9 Å². The average molecular weight is 373 g/mol. The van der Waals surface area contributed by atoms with Crippen LogP contribution < -0.4 is 5.90 Å². The Morgan fingerprint density at radius 1 is 1.19 bits per heavy atom. The monoisotopic (exact) mass is 373 g/mol. The van der Waals surface area contributed by atoms with E-state index in [9.17, 15) is 19.8 Å². The average Bonchev–Trinajstić information content (AvgIpc) is 3.32. The van der Waals surface area contributed by atoms with Gasteiger partial charge in [-0.2, -0.15) is 5.90 Å². The number of unbranched alkanes of at least 4 members (excludes halogenated alkanes) is 7. The van der Waals surface area contributed by atoms with Gasteiger partial charge in [0.1, 0.15) is 23.9 Å². The topological polar surface area (TPSA) is 128 Å². The quantitative estimate of drug-likeness (QED) is 0.262. The number of nitrogens with two attached hydrogens (primary N) is 1. The number of ether oxygens (including phenoxy) is 2. The van der Waals surface area contributed by atoms with Gasteiger partial charge < -0.3 is 29.3 Å². The molecule has 1 saturated heterocycles. The van der Waals surface area contributed by atoms with Crippen molar-refractivity contribution >= 4 is 12.3 Å². The molecule has 0 aromatic carbocycles. The number of carbonyl (C=O) groups is 2. The van der Waals surface area contributed by atoms with Gasteiger partial charge in [0, 0.05) is 6.42 Å². The van der Waals surface area contributed by atoms with E-state index >= 15 is 0 Å². The minimum absolute atomic E-state index is 0.0904. The lowest BCUT2D eigenvalue weighted by Crippen LogP contribution is -2.58. The fraction of sp³-hybridized carbons (Fsp3) is 0.889. The zero-order valence-corrected chi connectivity index (χ0v) is 15.4. The second kappa shape index (κ2) is 9.23. The van der Waals surface area contributed by atoms with Crippen molar-refractivity contribution in [1.29, 1.82) is 0 Å². The number of hydrogen-bond donors (Lipinski definition) is 3. The molecule has 4 unspecified atom stereocenters. The lowest BCUT2D eigenvalue weighted by atomic mass is 9.89. The maximum absolute atomic E-state index is 11.7. The summed E-state index contributed by atoms with van der Waals surface area (Å²) in [6.45, 7) is 2.53. The van der Waals surface area contributed by atoms with E-state index in [1.165, 1.54) is 32.1 Å². The molecular formula is C18H31NO7. The van der Waals surface area contributed by atoms with Crippen LogP contribution in [0.25, 0.3) is 0 Å². The third-order valence-electron chi connectivity index (χ3n) is 5.48. The molecule has 1 aliphatic carbocycles. The highest BCUT2D eigenvalue weighted by molar-refractivity contribution is 5.78. The van der Waals surface area contributed by atoms with E-state index in [-0.39, 0.29) is 6.42 Å². The molecule has 0 radical (unpaired) electrons. The standard InChI is InChI=1S/C18H31NO7/c1-2-3-4-5-6-7-8-9-10-24-18-11-17(18,12-20)15(22)13(21)14(25-18)16(23)26-19/h12-15,21-22H,2-11,19H2,1H3/t13-,14?,15?,17?,18?/m0/s1. The molecule has 0 bridgehead atoms. The Morgan fingerprint density at radius 2 is 1.81 bits per heavy atom. The summed E-state index contributed by atoms with van der Waals surface area (Å²) in [6, 6.07) is 0. The van der Waals surface area contributed by atoms with Crippen LogP contribution in [0.1, 0.15) is 64.7 Å². The summed E-state index contributed by atoms with van der Waals surface area (Å²) in [6.07, 6.45) is 5.18. The van der Waals surface area contributed by atoms with Crippen LogP contribution in [0.4, 0.5) is 0 Å². The summed E-state index contributed by atoms with van der Waals surface area (Å²) < 4.78 is 11.3. The summed E-state index contributed by atoms with van der Waals surface area (Å²) >= 11 is 0. The highest BCUT2D eigenvalue weighted by atomic mass is 16.7. The first-order chi connectivity index (χ1) is 12.5. The zero-order valence-electron chi connectivity index (χ0n) is 15.4. The molecule has 2 aliphatic rings. The Balaban J connectivity index is 1.80. The highest BCUT2D eigenvalue weighted by Gasteiger charge is 2.80. The lowest BCUT2D eigenvalue weighted by Gasteiger charge is -2.38. The smallest absolute Gasteiger partial charge is 0.356 e. The Kier molecular flexibility index (Phi) is 7.54. The van der Waals surface area contributed by atoms with Crippen LogP contribution in [-0.2, 0) is 23.9 Å². The van der Waals surface area contributed by atoms with Crippen LogP contribution in [0.2, 0.25) is 0 Å². The van der Waals surface area contributed by atoms with Gasteiger partial charge in [-0.25, -0.2) is 4.79 Å². The number of rotatable bonds is 12. The number of carbonyl (C=O) groups excluding carboxylic acids is 2. The van der Waals surface area contributed by atoms with Gasteiger partial charge in [0.2, 0.25) is 0 Å². The molecule has 2 rings (SSSR count). The van der Waals surface area contributed by atoms with Crippen molar-refractivity contribution in [3.05, 3.63) is 0 Å². The number of aliphatic hydroxyl groups excluding tert-OH is 2. The first kappa shape index (κ1) is 21.2. The molecule has 1 saturated carbocycles. The van der Waals surface area contributed by atoms with Crippen LogP contribution in [0, 0.1) is 5.41 Å². The molecule has 8 heteroatoms. The van der Waals surface area contributed by atoms with Crippen molar-refractivity contribution < 1.29 is 34.1 Å². The van der Waals surface area contributed by atoms with E-state index in [0.29, 0.717) is 12.9 Å². The van der Waals surface area contributed by atoms with Crippen molar-refractivity contribution in [2.24, 2.45) is 11.3 Å². The van der Waals surface area contributed by atoms with Gasteiger partial charge >= 0.3 is 5.97 Å². The molecule has 1 aliphatic heterocycles. The SMILES string of the molecule is CCCCCCCCCCOC12CC1(C=O)C(O)[C@@H](O)C(C(=O)ON)O2. The third-order valence-corrected chi connectivity index (χ3v) is 5.48. The maximum Gasteiger partial charge on any atom is 0.356 e. The van der Waals surface area contributed by atoms with E-state index in [1.807, 2.05) is 0 Å².